The van der Waals surface area contributed by atoms with Gasteiger partial charge in [-0.3, -0.25) is 0 Å². The van der Waals surface area contributed by atoms with Crippen LogP contribution in [0.15, 0.2) is 42.6 Å². The molecule has 0 saturated carbocycles. The molecule has 0 aromatic heterocycles. The van der Waals surface area contributed by atoms with Crippen molar-refractivity contribution in [3.8, 4) is 0 Å². The molecular formula is C15H23N. The molecule has 1 rings (SSSR count). The number of benzene rings is 1. The van der Waals surface area contributed by atoms with Crippen molar-refractivity contribution in [2.24, 2.45) is 0 Å². The Morgan fingerprint density at radius 3 is 2.06 bits per heavy atom. The summed E-state index contributed by atoms with van der Waals surface area (Å²) >= 11 is 0. The summed E-state index contributed by atoms with van der Waals surface area (Å²) in [5.41, 5.74) is 1.37. The molecule has 1 heteroatoms. The largest absolute Gasteiger partial charge is 0.373 e. The minimum Gasteiger partial charge on any atom is -0.373 e. The zero-order valence-electron chi connectivity index (χ0n) is 10.9. The lowest BCUT2D eigenvalue weighted by molar-refractivity contribution is 0.255. The van der Waals surface area contributed by atoms with Crippen LogP contribution < -0.4 is 0 Å². The van der Waals surface area contributed by atoms with Crippen molar-refractivity contribution in [3.63, 3.8) is 0 Å². The summed E-state index contributed by atoms with van der Waals surface area (Å²) in [7, 11) is 0. The van der Waals surface area contributed by atoms with E-state index in [0.717, 1.165) is 6.42 Å². The van der Waals surface area contributed by atoms with Crippen LogP contribution >= 0.6 is 0 Å². The van der Waals surface area contributed by atoms with Gasteiger partial charge in [0.25, 0.3) is 0 Å². The summed E-state index contributed by atoms with van der Waals surface area (Å²) in [6, 6.07) is 11.7. The van der Waals surface area contributed by atoms with Crippen molar-refractivity contribution in [2.45, 2.75) is 46.2 Å². The Morgan fingerprint density at radius 1 is 1.00 bits per heavy atom. The lowest BCUT2D eigenvalue weighted by Gasteiger charge is -2.29. The highest BCUT2D eigenvalue weighted by atomic mass is 15.1. The van der Waals surface area contributed by atoms with Gasteiger partial charge < -0.3 is 4.90 Å². The van der Waals surface area contributed by atoms with Crippen LogP contribution in [0.1, 0.15) is 33.3 Å². The SMILES string of the molecule is CC(C)N(C=CCc1ccccc1)C(C)C. The third-order valence-corrected chi connectivity index (χ3v) is 2.67. The minimum atomic E-state index is 0.562. The fourth-order valence-electron chi connectivity index (χ4n) is 1.87. The quantitative estimate of drug-likeness (QED) is 0.724. The van der Waals surface area contributed by atoms with Gasteiger partial charge in [-0.25, -0.2) is 0 Å². The van der Waals surface area contributed by atoms with Crippen LogP contribution in [-0.4, -0.2) is 17.0 Å². The predicted molar refractivity (Wildman–Crippen MR) is 71.4 cm³/mol. The molecular weight excluding hydrogens is 194 g/mol. The van der Waals surface area contributed by atoms with Gasteiger partial charge in [-0.15, -0.1) is 0 Å². The maximum Gasteiger partial charge on any atom is 0.0230 e. The first-order chi connectivity index (χ1) is 7.61. The molecule has 0 atom stereocenters. The van der Waals surface area contributed by atoms with Crippen molar-refractivity contribution < 1.29 is 0 Å². The first-order valence-electron chi connectivity index (χ1n) is 6.09. The fourth-order valence-corrected chi connectivity index (χ4v) is 1.87. The minimum absolute atomic E-state index is 0.562. The Morgan fingerprint density at radius 2 is 1.56 bits per heavy atom. The Balaban J connectivity index is 2.53. The van der Waals surface area contributed by atoms with Gasteiger partial charge >= 0.3 is 0 Å². The molecule has 16 heavy (non-hydrogen) atoms. The zero-order valence-corrected chi connectivity index (χ0v) is 10.9. The molecule has 0 bridgehead atoms. The third-order valence-electron chi connectivity index (χ3n) is 2.67. The Hall–Kier alpha value is -1.24. The summed E-state index contributed by atoms with van der Waals surface area (Å²) in [4.78, 5) is 2.38. The molecule has 0 heterocycles. The Labute approximate surface area is 99.8 Å². The normalized spacial score (nSPS) is 11.6. The lowest BCUT2D eigenvalue weighted by atomic mass is 10.1. The second-order valence-corrected chi connectivity index (χ2v) is 4.71. The first kappa shape index (κ1) is 12.8. The molecule has 1 aromatic carbocycles. The van der Waals surface area contributed by atoms with Crippen LogP contribution in [-0.2, 0) is 6.42 Å². The van der Waals surface area contributed by atoms with Gasteiger partial charge in [-0.1, -0.05) is 36.4 Å². The van der Waals surface area contributed by atoms with Crippen LogP contribution in [0.4, 0.5) is 0 Å². The van der Waals surface area contributed by atoms with Crippen LogP contribution in [0, 0.1) is 0 Å². The van der Waals surface area contributed by atoms with Crippen molar-refractivity contribution in [3.05, 3.63) is 48.2 Å². The zero-order chi connectivity index (χ0) is 12.0. The molecule has 0 radical (unpaired) electrons. The molecule has 0 amide bonds. The Bertz CT molecular complexity index is 303. The second-order valence-electron chi connectivity index (χ2n) is 4.71. The van der Waals surface area contributed by atoms with E-state index in [-0.39, 0.29) is 0 Å². The van der Waals surface area contributed by atoms with Crippen LogP contribution in [0.25, 0.3) is 0 Å². The summed E-state index contributed by atoms with van der Waals surface area (Å²) in [5, 5.41) is 0. The maximum atomic E-state index is 2.38. The highest BCUT2D eigenvalue weighted by Gasteiger charge is 2.07. The van der Waals surface area contributed by atoms with E-state index in [4.69, 9.17) is 0 Å². The predicted octanol–water partition coefficient (Wildman–Crippen LogP) is 3.86. The summed E-state index contributed by atoms with van der Waals surface area (Å²) in [5.74, 6) is 0. The highest BCUT2D eigenvalue weighted by Crippen LogP contribution is 2.07. The molecule has 88 valence electrons. The smallest absolute Gasteiger partial charge is 0.0230 e. The van der Waals surface area contributed by atoms with Gasteiger partial charge in [0, 0.05) is 12.1 Å². The van der Waals surface area contributed by atoms with Crippen molar-refractivity contribution in [2.75, 3.05) is 0 Å². The maximum absolute atomic E-state index is 2.38. The molecule has 0 spiro atoms. The molecule has 0 saturated heterocycles. The number of allylic oxidation sites excluding steroid dienone is 1. The highest BCUT2D eigenvalue weighted by molar-refractivity contribution is 5.17. The van der Waals surface area contributed by atoms with Crippen molar-refractivity contribution >= 4 is 0 Å². The molecule has 0 unspecified atom stereocenters. The van der Waals surface area contributed by atoms with Crippen molar-refractivity contribution in [1.29, 1.82) is 0 Å². The monoisotopic (exact) mass is 217 g/mol. The van der Waals surface area contributed by atoms with E-state index in [2.05, 4.69) is 75.2 Å². The molecule has 1 aromatic rings. The number of rotatable bonds is 5. The average molecular weight is 217 g/mol. The van der Waals surface area contributed by atoms with Gasteiger partial charge in [-0.2, -0.15) is 0 Å². The second kappa shape index (κ2) is 6.37. The number of hydrogen-bond donors (Lipinski definition) is 0. The van der Waals surface area contributed by atoms with E-state index >= 15 is 0 Å². The van der Waals surface area contributed by atoms with Gasteiger partial charge in [-0.05, 0) is 45.9 Å². The third kappa shape index (κ3) is 4.09. The van der Waals surface area contributed by atoms with E-state index in [9.17, 15) is 0 Å². The molecule has 0 aliphatic heterocycles. The van der Waals surface area contributed by atoms with E-state index in [1.54, 1.807) is 0 Å². The summed E-state index contributed by atoms with van der Waals surface area (Å²) in [6.07, 6.45) is 5.48. The van der Waals surface area contributed by atoms with E-state index in [1.165, 1.54) is 5.56 Å². The van der Waals surface area contributed by atoms with Gasteiger partial charge in [0.2, 0.25) is 0 Å². The van der Waals surface area contributed by atoms with Gasteiger partial charge in [0.1, 0.15) is 0 Å². The van der Waals surface area contributed by atoms with E-state index < -0.39 is 0 Å². The van der Waals surface area contributed by atoms with E-state index in [0.29, 0.717) is 12.1 Å². The Kier molecular flexibility index (Phi) is 5.10. The molecule has 1 nitrogen and oxygen atoms in total. The molecule has 0 fully saturated rings. The van der Waals surface area contributed by atoms with Crippen LogP contribution in [0.3, 0.4) is 0 Å². The average Bonchev–Trinajstić information content (AvgIpc) is 2.24. The molecule has 0 aliphatic rings. The molecule has 0 aliphatic carbocycles. The van der Waals surface area contributed by atoms with Crippen LogP contribution in [0.2, 0.25) is 0 Å². The lowest BCUT2D eigenvalue weighted by Crippen LogP contribution is -2.31. The fraction of sp³-hybridized carbons (Fsp3) is 0.467. The topological polar surface area (TPSA) is 3.24 Å². The molecule has 0 N–H and O–H groups in total. The van der Waals surface area contributed by atoms with Gasteiger partial charge in [0.15, 0.2) is 0 Å². The van der Waals surface area contributed by atoms with Gasteiger partial charge in [0.05, 0.1) is 0 Å². The van der Waals surface area contributed by atoms with Crippen LogP contribution in [0.5, 0.6) is 0 Å². The summed E-state index contributed by atoms with van der Waals surface area (Å²) < 4.78 is 0. The summed E-state index contributed by atoms with van der Waals surface area (Å²) in [6.45, 7) is 8.92. The standard InChI is InChI=1S/C15H23N/c1-13(2)16(14(3)4)12-8-11-15-9-6-5-7-10-15/h5-10,12-14H,11H2,1-4H3. The number of nitrogens with zero attached hydrogens (tertiary/aromatic N) is 1. The van der Waals surface area contributed by atoms with Crippen molar-refractivity contribution in [1.82, 2.24) is 4.90 Å². The number of hydrogen-bond acceptors (Lipinski definition) is 1. The first-order valence-corrected chi connectivity index (χ1v) is 6.09. The van der Waals surface area contributed by atoms with E-state index in [1.807, 2.05) is 0 Å².